The van der Waals surface area contributed by atoms with E-state index in [0.717, 1.165) is 13.1 Å². The van der Waals surface area contributed by atoms with Gasteiger partial charge in [0.05, 0.1) is 0 Å². The number of nitrogens with one attached hydrogen (secondary N) is 1. The zero-order valence-corrected chi connectivity index (χ0v) is 11.8. The van der Waals surface area contributed by atoms with E-state index in [2.05, 4.69) is 10.2 Å². The Hall–Kier alpha value is -1.83. The van der Waals surface area contributed by atoms with Gasteiger partial charge in [0.25, 0.3) is 0 Å². The summed E-state index contributed by atoms with van der Waals surface area (Å²) in [5.74, 6) is -1.39. The van der Waals surface area contributed by atoms with Gasteiger partial charge in [0, 0.05) is 38.8 Å². The Morgan fingerprint density at radius 2 is 1.81 bits per heavy atom. The SMILES string of the molecule is O=C1CN(C(=O)N2CCN(C3CC3)CC2)C(C(=O)O)CN1. The molecule has 1 saturated carbocycles. The number of aliphatic carboxylic acids is 1. The fraction of sp³-hybridized carbons (Fsp3) is 0.769. The molecule has 0 aromatic rings. The zero-order chi connectivity index (χ0) is 15.0. The Morgan fingerprint density at radius 3 is 2.38 bits per heavy atom. The summed E-state index contributed by atoms with van der Waals surface area (Å²) in [5.41, 5.74) is 0. The van der Waals surface area contributed by atoms with Gasteiger partial charge < -0.3 is 15.3 Å². The second kappa shape index (κ2) is 5.51. The number of hydrogen-bond acceptors (Lipinski definition) is 4. The number of hydrogen-bond donors (Lipinski definition) is 2. The molecule has 1 unspecified atom stereocenters. The Kier molecular flexibility index (Phi) is 3.71. The molecule has 3 fully saturated rings. The predicted octanol–water partition coefficient (Wildman–Crippen LogP) is -1.23. The van der Waals surface area contributed by atoms with Crippen molar-refractivity contribution in [3.63, 3.8) is 0 Å². The van der Waals surface area contributed by atoms with Gasteiger partial charge in [0.15, 0.2) is 0 Å². The highest BCUT2D eigenvalue weighted by molar-refractivity contribution is 5.90. The third kappa shape index (κ3) is 2.94. The monoisotopic (exact) mass is 296 g/mol. The molecule has 21 heavy (non-hydrogen) atoms. The van der Waals surface area contributed by atoms with Crippen molar-refractivity contribution in [2.45, 2.75) is 24.9 Å². The average molecular weight is 296 g/mol. The molecular formula is C13H20N4O4. The summed E-state index contributed by atoms with van der Waals surface area (Å²) in [4.78, 5) is 40.4. The molecule has 3 aliphatic rings. The van der Waals surface area contributed by atoms with Gasteiger partial charge in [0.2, 0.25) is 5.91 Å². The molecular weight excluding hydrogens is 276 g/mol. The van der Waals surface area contributed by atoms with E-state index >= 15 is 0 Å². The van der Waals surface area contributed by atoms with Crippen molar-refractivity contribution < 1.29 is 19.5 Å². The fourth-order valence-corrected chi connectivity index (χ4v) is 2.96. The van der Waals surface area contributed by atoms with Gasteiger partial charge in [-0.3, -0.25) is 14.6 Å². The molecule has 3 amide bonds. The van der Waals surface area contributed by atoms with Crippen LogP contribution in [0.25, 0.3) is 0 Å². The lowest BCUT2D eigenvalue weighted by Crippen LogP contribution is -2.63. The average Bonchev–Trinajstić information content (AvgIpc) is 3.31. The van der Waals surface area contributed by atoms with E-state index < -0.39 is 12.0 Å². The molecule has 8 nitrogen and oxygen atoms in total. The molecule has 0 aromatic carbocycles. The van der Waals surface area contributed by atoms with E-state index in [0.29, 0.717) is 19.1 Å². The summed E-state index contributed by atoms with van der Waals surface area (Å²) < 4.78 is 0. The molecule has 1 aliphatic carbocycles. The van der Waals surface area contributed by atoms with Crippen LogP contribution in [0.2, 0.25) is 0 Å². The van der Waals surface area contributed by atoms with Crippen LogP contribution in [0.4, 0.5) is 4.79 Å². The number of carbonyl (C=O) groups excluding carboxylic acids is 2. The van der Waals surface area contributed by atoms with Crippen LogP contribution >= 0.6 is 0 Å². The van der Waals surface area contributed by atoms with E-state index in [1.54, 1.807) is 4.90 Å². The van der Waals surface area contributed by atoms with Gasteiger partial charge in [0.1, 0.15) is 12.6 Å². The minimum Gasteiger partial charge on any atom is -0.480 e. The molecule has 2 saturated heterocycles. The number of piperazine rings is 2. The lowest BCUT2D eigenvalue weighted by atomic mass is 10.2. The Bertz CT molecular complexity index is 457. The van der Waals surface area contributed by atoms with Gasteiger partial charge in [-0.1, -0.05) is 0 Å². The Balaban J connectivity index is 1.62. The van der Waals surface area contributed by atoms with E-state index in [9.17, 15) is 19.5 Å². The first-order chi connectivity index (χ1) is 10.1. The number of urea groups is 1. The summed E-state index contributed by atoms with van der Waals surface area (Å²) in [6.45, 7) is 2.64. The highest BCUT2D eigenvalue weighted by Crippen LogP contribution is 2.27. The number of carboxylic acids is 1. The third-order valence-electron chi connectivity index (χ3n) is 4.36. The topological polar surface area (TPSA) is 93.2 Å². The summed E-state index contributed by atoms with van der Waals surface area (Å²) in [6, 6.07) is -0.640. The zero-order valence-electron chi connectivity index (χ0n) is 11.8. The van der Waals surface area contributed by atoms with Gasteiger partial charge >= 0.3 is 12.0 Å². The van der Waals surface area contributed by atoms with Crippen LogP contribution < -0.4 is 5.32 Å². The molecule has 8 heteroatoms. The van der Waals surface area contributed by atoms with Crippen LogP contribution in [0.3, 0.4) is 0 Å². The first-order valence-electron chi connectivity index (χ1n) is 7.35. The summed E-state index contributed by atoms with van der Waals surface area (Å²) in [7, 11) is 0. The predicted molar refractivity (Wildman–Crippen MR) is 72.7 cm³/mol. The Morgan fingerprint density at radius 1 is 1.14 bits per heavy atom. The van der Waals surface area contributed by atoms with Crippen molar-refractivity contribution in [1.29, 1.82) is 0 Å². The maximum absolute atomic E-state index is 12.5. The van der Waals surface area contributed by atoms with E-state index in [1.807, 2.05) is 0 Å². The van der Waals surface area contributed by atoms with Crippen molar-refractivity contribution >= 4 is 17.9 Å². The van der Waals surface area contributed by atoms with Crippen LogP contribution in [-0.2, 0) is 9.59 Å². The number of amides is 3. The summed E-state index contributed by atoms with van der Waals surface area (Å²) in [6.07, 6.45) is 2.47. The second-order valence-electron chi connectivity index (χ2n) is 5.82. The third-order valence-corrected chi connectivity index (χ3v) is 4.36. The highest BCUT2D eigenvalue weighted by Gasteiger charge is 2.39. The Labute approximate surface area is 122 Å². The lowest BCUT2D eigenvalue weighted by molar-refractivity contribution is -0.144. The van der Waals surface area contributed by atoms with Crippen LogP contribution in [0.5, 0.6) is 0 Å². The highest BCUT2D eigenvalue weighted by atomic mass is 16.4. The van der Waals surface area contributed by atoms with Gasteiger partial charge in [-0.2, -0.15) is 0 Å². The normalized spacial score (nSPS) is 27.4. The number of rotatable bonds is 2. The quantitative estimate of drug-likeness (QED) is 0.666. The second-order valence-corrected chi connectivity index (χ2v) is 5.82. The minimum atomic E-state index is -1.08. The molecule has 0 aromatic heterocycles. The van der Waals surface area contributed by atoms with Crippen LogP contribution in [0.1, 0.15) is 12.8 Å². The van der Waals surface area contributed by atoms with Gasteiger partial charge in [-0.15, -0.1) is 0 Å². The molecule has 2 heterocycles. The number of carbonyl (C=O) groups is 3. The molecule has 0 bridgehead atoms. The van der Waals surface area contributed by atoms with Crippen molar-refractivity contribution in [3.05, 3.63) is 0 Å². The van der Waals surface area contributed by atoms with Crippen LogP contribution in [0, 0.1) is 0 Å². The summed E-state index contributed by atoms with van der Waals surface area (Å²) in [5, 5.41) is 11.7. The van der Waals surface area contributed by atoms with Crippen LogP contribution in [-0.4, -0.2) is 89.1 Å². The lowest BCUT2D eigenvalue weighted by Gasteiger charge is -2.40. The first kappa shape index (κ1) is 14.1. The van der Waals surface area contributed by atoms with Crippen LogP contribution in [0.15, 0.2) is 0 Å². The van der Waals surface area contributed by atoms with E-state index in [4.69, 9.17) is 0 Å². The minimum absolute atomic E-state index is 0.0258. The van der Waals surface area contributed by atoms with Crippen molar-refractivity contribution in [2.24, 2.45) is 0 Å². The van der Waals surface area contributed by atoms with Crippen molar-refractivity contribution in [3.8, 4) is 0 Å². The maximum atomic E-state index is 12.5. The van der Waals surface area contributed by atoms with Crippen molar-refractivity contribution in [2.75, 3.05) is 39.3 Å². The molecule has 1 atom stereocenters. The summed E-state index contributed by atoms with van der Waals surface area (Å²) >= 11 is 0. The maximum Gasteiger partial charge on any atom is 0.328 e. The first-order valence-corrected chi connectivity index (χ1v) is 7.35. The molecule has 116 valence electrons. The molecule has 2 aliphatic heterocycles. The fourth-order valence-electron chi connectivity index (χ4n) is 2.96. The number of carboxylic acid groups (broad SMARTS) is 1. The van der Waals surface area contributed by atoms with Gasteiger partial charge in [-0.25, -0.2) is 9.59 Å². The largest absolute Gasteiger partial charge is 0.480 e. The van der Waals surface area contributed by atoms with Gasteiger partial charge in [-0.05, 0) is 12.8 Å². The molecule has 2 N–H and O–H groups in total. The van der Waals surface area contributed by atoms with E-state index in [1.165, 1.54) is 17.7 Å². The van der Waals surface area contributed by atoms with Crippen molar-refractivity contribution in [1.82, 2.24) is 20.0 Å². The molecule has 3 rings (SSSR count). The standard InChI is InChI=1S/C13H20N4O4/c18-11-8-17(10(7-14-11)12(19)20)13(21)16-5-3-15(4-6-16)9-1-2-9/h9-10H,1-8H2,(H,14,18)(H,19,20). The molecule has 0 spiro atoms. The van der Waals surface area contributed by atoms with E-state index in [-0.39, 0.29) is 25.0 Å². The molecule has 0 radical (unpaired) electrons. The number of nitrogens with zero attached hydrogens (tertiary/aromatic N) is 3. The smallest absolute Gasteiger partial charge is 0.328 e.